The number of aryl methyl sites for hydroxylation is 1. The SMILES string of the molecule is Cc1ccc(C=C(NC(=O)c2ccccc2)C(=O)NCc2ccc(Cl)c(Cl)c2)o1. The Kier molecular flexibility index (Phi) is 6.75. The Bertz CT molecular complexity index is 1060. The predicted molar refractivity (Wildman–Crippen MR) is 114 cm³/mol. The Morgan fingerprint density at radius 1 is 1.00 bits per heavy atom. The molecule has 0 aliphatic heterocycles. The van der Waals surface area contributed by atoms with Crippen LogP contribution < -0.4 is 10.6 Å². The summed E-state index contributed by atoms with van der Waals surface area (Å²) in [4.78, 5) is 25.3. The van der Waals surface area contributed by atoms with E-state index in [1.807, 2.05) is 6.07 Å². The number of halogens is 2. The number of hydrogen-bond acceptors (Lipinski definition) is 3. The van der Waals surface area contributed by atoms with Crippen LogP contribution in [-0.2, 0) is 11.3 Å². The smallest absolute Gasteiger partial charge is 0.268 e. The van der Waals surface area contributed by atoms with E-state index in [1.165, 1.54) is 6.08 Å². The molecule has 7 heteroatoms. The Labute approximate surface area is 178 Å². The normalized spacial score (nSPS) is 11.2. The molecule has 1 heterocycles. The fourth-order valence-corrected chi connectivity index (χ4v) is 2.86. The van der Waals surface area contributed by atoms with Crippen molar-refractivity contribution < 1.29 is 14.0 Å². The molecule has 0 atom stereocenters. The van der Waals surface area contributed by atoms with Crippen LogP contribution in [0.15, 0.2) is 70.8 Å². The lowest BCUT2D eigenvalue weighted by molar-refractivity contribution is -0.117. The van der Waals surface area contributed by atoms with Gasteiger partial charge in [0.05, 0.1) is 10.0 Å². The second kappa shape index (κ2) is 9.45. The lowest BCUT2D eigenvalue weighted by atomic mass is 10.2. The van der Waals surface area contributed by atoms with Crippen LogP contribution in [0.25, 0.3) is 6.08 Å². The van der Waals surface area contributed by atoms with Crippen molar-refractivity contribution >= 4 is 41.1 Å². The van der Waals surface area contributed by atoms with Gasteiger partial charge < -0.3 is 15.1 Å². The highest BCUT2D eigenvalue weighted by Gasteiger charge is 2.15. The van der Waals surface area contributed by atoms with Gasteiger partial charge in [0.15, 0.2) is 0 Å². The fourth-order valence-electron chi connectivity index (χ4n) is 2.54. The van der Waals surface area contributed by atoms with Gasteiger partial charge in [0.25, 0.3) is 11.8 Å². The second-order valence-electron chi connectivity index (χ2n) is 6.26. The van der Waals surface area contributed by atoms with E-state index in [-0.39, 0.29) is 12.2 Å². The largest absolute Gasteiger partial charge is 0.462 e. The number of nitrogens with one attached hydrogen (secondary N) is 2. The molecule has 3 aromatic rings. The molecule has 0 radical (unpaired) electrons. The molecule has 0 fully saturated rings. The summed E-state index contributed by atoms with van der Waals surface area (Å²) in [7, 11) is 0. The zero-order valence-electron chi connectivity index (χ0n) is 15.5. The standard InChI is InChI=1S/C22H18Cl2N2O3/c1-14-7-9-17(29-14)12-20(26-21(27)16-5-3-2-4-6-16)22(28)25-13-15-8-10-18(23)19(24)11-15/h2-12H,13H2,1H3,(H,25,28)(H,26,27). The van der Waals surface area contributed by atoms with Gasteiger partial charge in [0.1, 0.15) is 17.2 Å². The Balaban J connectivity index is 1.78. The Hall–Kier alpha value is -3.02. The van der Waals surface area contributed by atoms with Gasteiger partial charge in [-0.15, -0.1) is 0 Å². The summed E-state index contributed by atoms with van der Waals surface area (Å²) >= 11 is 11.9. The summed E-state index contributed by atoms with van der Waals surface area (Å²) < 4.78 is 5.50. The van der Waals surface area contributed by atoms with E-state index >= 15 is 0 Å². The number of carbonyl (C=O) groups excluding carboxylic acids is 2. The third kappa shape index (κ3) is 5.73. The number of benzene rings is 2. The summed E-state index contributed by atoms with van der Waals surface area (Å²) in [5, 5.41) is 6.25. The minimum absolute atomic E-state index is 0.0632. The molecular formula is C22H18Cl2N2O3. The van der Waals surface area contributed by atoms with E-state index < -0.39 is 11.8 Å². The van der Waals surface area contributed by atoms with E-state index in [4.69, 9.17) is 27.6 Å². The number of amides is 2. The van der Waals surface area contributed by atoms with Crippen LogP contribution in [0, 0.1) is 6.92 Å². The average molecular weight is 429 g/mol. The zero-order chi connectivity index (χ0) is 20.8. The molecule has 3 rings (SSSR count). The van der Waals surface area contributed by atoms with Crippen LogP contribution in [0.3, 0.4) is 0 Å². The van der Waals surface area contributed by atoms with Gasteiger partial charge in [-0.1, -0.05) is 47.5 Å². The van der Waals surface area contributed by atoms with Crippen molar-refractivity contribution in [1.29, 1.82) is 0 Å². The van der Waals surface area contributed by atoms with E-state index in [9.17, 15) is 9.59 Å². The van der Waals surface area contributed by atoms with Crippen LogP contribution >= 0.6 is 23.2 Å². The van der Waals surface area contributed by atoms with Crippen molar-refractivity contribution in [3.05, 3.63) is 99.1 Å². The van der Waals surface area contributed by atoms with Crippen molar-refractivity contribution in [3.8, 4) is 0 Å². The Morgan fingerprint density at radius 2 is 1.76 bits per heavy atom. The lowest BCUT2D eigenvalue weighted by Gasteiger charge is -2.11. The van der Waals surface area contributed by atoms with Gasteiger partial charge in [-0.05, 0) is 48.9 Å². The maximum atomic E-state index is 12.8. The first kappa shape index (κ1) is 20.7. The van der Waals surface area contributed by atoms with Crippen molar-refractivity contribution in [2.75, 3.05) is 0 Å². The molecule has 5 nitrogen and oxygen atoms in total. The van der Waals surface area contributed by atoms with Crippen LogP contribution in [0.1, 0.15) is 27.4 Å². The summed E-state index contributed by atoms with van der Waals surface area (Å²) in [6.45, 7) is 2.01. The zero-order valence-corrected chi connectivity index (χ0v) is 17.1. The van der Waals surface area contributed by atoms with Crippen molar-refractivity contribution in [2.45, 2.75) is 13.5 Å². The minimum atomic E-state index is -0.464. The summed E-state index contributed by atoms with van der Waals surface area (Å²) in [6, 6.07) is 17.2. The number of rotatable bonds is 6. The second-order valence-corrected chi connectivity index (χ2v) is 7.07. The monoisotopic (exact) mass is 428 g/mol. The van der Waals surface area contributed by atoms with Crippen molar-refractivity contribution in [1.82, 2.24) is 10.6 Å². The summed E-state index contributed by atoms with van der Waals surface area (Å²) in [6.07, 6.45) is 1.48. The molecule has 0 saturated heterocycles. The first-order valence-electron chi connectivity index (χ1n) is 8.79. The molecule has 0 aliphatic carbocycles. The highest BCUT2D eigenvalue weighted by molar-refractivity contribution is 6.42. The molecule has 148 valence electrons. The fraction of sp³-hybridized carbons (Fsp3) is 0.0909. The average Bonchev–Trinajstić information content (AvgIpc) is 3.13. The van der Waals surface area contributed by atoms with E-state index in [1.54, 1.807) is 61.5 Å². The first-order valence-corrected chi connectivity index (χ1v) is 9.54. The van der Waals surface area contributed by atoms with Gasteiger partial charge in [0.2, 0.25) is 0 Å². The molecule has 0 bridgehead atoms. The highest BCUT2D eigenvalue weighted by atomic mass is 35.5. The quantitative estimate of drug-likeness (QED) is 0.543. The van der Waals surface area contributed by atoms with Crippen LogP contribution in [0.5, 0.6) is 0 Å². The van der Waals surface area contributed by atoms with E-state index in [0.717, 1.165) is 5.56 Å². The highest BCUT2D eigenvalue weighted by Crippen LogP contribution is 2.22. The molecule has 2 aromatic carbocycles. The third-order valence-corrected chi connectivity index (χ3v) is 4.75. The molecule has 29 heavy (non-hydrogen) atoms. The molecule has 0 unspecified atom stereocenters. The first-order chi connectivity index (χ1) is 13.9. The summed E-state index contributed by atoms with van der Waals surface area (Å²) in [5.41, 5.74) is 1.27. The molecule has 1 aromatic heterocycles. The summed E-state index contributed by atoms with van der Waals surface area (Å²) in [5.74, 6) is 0.288. The third-order valence-electron chi connectivity index (χ3n) is 4.01. The topological polar surface area (TPSA) is 71.3 Å². The number of furan rings is 1. The van der Waals surface area contributed by atoms with Gasteiger partial charge >= 0.3 is 0 Å². The van der Waals surface area contributed by atoms with Crippen molar-refractivity contribution in [2.24, 2.45) is 0 Å². The van der Waals surface area contributed by atoms with Gasteiger partial charge in [-0.3, -0.25) is 9.59 Å². The van der Waals surface area contributed by atoms with Crippen LogP contribution in [0.4, 0.5) is 0 Å². The van der Waals surface area contributed by atoms with E-state index in [0.29, 0.717) is 27.1 Å². The number of hydrogen-bond donors (Lipinski definition) is 2. The van der Waals surface area contributed by atoms with Gasteiger partial charge in [0, 0.05) is 18.2 Å². The van der Waals surface area contributed by atoms with Gasteiger partial charge in [-0.25, -0.2) is 0 Å². The maximum Gasteiger partial charge on any atom is 0.268 e. The Morgan fingerprint density at radius 3 is 2.41 bits per heavy atom. The molecule has 0 aliphatic rings. The molecule has 0 saturated carbocycles. The predicted octanol–water partition coefficient (Wildman–Crippen LogP) is 4.98. The number of carbonyl (C=O) groups is 2. The molecular weight excluding hydrogens is 411 g/mol. The van der Waals surface area contributed by atoms with E-state index in [2.05, 4.69) is 10.6 Å². The minimum Gasteiger partial charge on any atom is -0.462 e. The van der Waals surface area contributed by atoms with Crippen LogP contribution in [0.2, 0.25) is 10.0 Å². The molecule has 2 amide bonds. The van der Waals surface area contributed by atoms with Gasteiger partial charge in [-0.2, -0.15) is 0 Å². The lowest BCUT2D eigenvalue weighted by Crippen LogP contribution is -2.34. The maximum absolute atomic E-state index is 12.8. The van der Waals surface area contributed by atoms with Crippen molar-refractivity contribution in [3.63, 3.8) is 0 Å². The molecule has 0 spiro atoms. The van der Waals surface area contributed by atoms with Crippen LogP contribution in [-0.4, -0.2) is 11.8 Å². The molecule has 2 N–H and O–H groups in total.